The van der Waals surface area contributed by atoms with Gasteiger partial charge in [-0.25, -0.2) is 0 Å². The first-order valence-electron chi connectivity index (χ1n) is 44.1. The van der Waals surface area contributed by atoms with Crippen LogP contribution < -0.4 is 57.2 Å². The predicted octanol–water partition coefficient (Wildman–Crippen LogP) is 28.2. The van der Waals surface area contributed by atoms with E-state index in [9.17, 15) is 0 Å². The fraction of sp³-hybridized carbons (Fsp3) is 0.0252. The number of anilines is 6. The Kier molecular flexibility index (Phi) is 19.4. The van der Waals surface area contributed by atoms with Gasteiger partial charge in [-0.15, -0.1) is 0 Å². The number of fused-ring (bicyclic) bond motifs is 10. The zero-order valence-electron chi connectivity index (χ0n) is 71.0. The van der Waals surface area contributed by atoms with Gasteiger partial charge in [0.2, 0.25) is 13.4 Å². The predicted molar refractivity (Wildman–Crippen MR) is 543 cm³/mol. The molecule has 2 aliphatic heterocycles. The first kappa shape index (κ1) is 76.9. The van der Waals surface area contributed by atoms with Crippen LogP contribution in [-0.2, 0) is 0 Å². The van der Waals surface area contributed by atoms with Gasteiger partial charge in [0, 0.05) is 78.2 Å². The van der Waals surface area contributed by atoms with Crippen molar-refractivity contribution < 1.29 is 18.3 Å². The van der Waals surface area contributed by atoms with Crippen LogP contribution in [0, 0.1) is 0 Å². The fourth-order valence-corrected chi connectivity index (χ4v) is 20.9. The molecule has 4 heterocycles. The first-order chi connectivity index (χ1) is 63.1. The highest BCUT2D eigenvalue weighted by Crippen LogP contribution is 2.54. The number of furan rings is 2. The molecule has 2 aliphatic rings. The van der Waals surface area contributed by atoms with Crippen molar-refractivity contribution in [2.75, 3.05) is 9.80 Å². The molecule has 20 aromatic carbocycles. The Balaban J connectivity index is 0.000000156. The molecule has 6 nitrogen and oxygen atoms in total. The highest BCUT2D eigenvalue weighted by Gasteiger charge is 2.33. The third-order valence-electron chi connectivity index (χ3n) is 25.8. The average molecular weight is 1660 g/mol. The highest BCUT2D eigenvalue weighted by atomic mass is 28.3. The van der Waals surface area contributed by atoms with Crippen molar-refractivity contribution in [1.29, 1.82) is 0 Å². The lowest BCUT2D eigenvalue weighted by Crippen LogP contribution is -2.52. The van der Waals surface area contributed by atoms with E-state index in [1.165, 1.54) is 65.7 Å². The molecule has 0 bridgehead atoms. The number of benzene rings is 20. The smallest absolute Gasteiger partial charge is 0.246 e. The Hall–Kier alpha value is -15.9. The van der Waals surface area contributed by atoms with Crippen LogP contribution in [0.5, 0.6) is 23.0 Å². The van der Waals surface area contributed by atoms with E-state index in [1.807, 2.05) is 18.2 Å². The van der Waals surface area contributed by atoms with E-state index in [0.29, 0.717) is 0 Å². The molecule has 0 saturated heterocycles. The standard InChI is InChI=1S/C70H44BNO3.C49H40BNOSi/c1-3-18-45(19-4-1)51-22-7-11-29-60(51)71(61-30-15-27-58-53-24-9-13-33-64(53)74-69(58)61)48-38-36-47(37-39-48)50-42-43-57-55-41-40-49(44-67(55)73-66-35-17-26-56(50)68(57)66)72(62-31-12-8-23-52(62)46-20-5-2-6-21-46)63-32-16-28-59-54-25-10-14-34-65(54)75-70(59)63;1-53(2,3)42-29-26-40(27-30-42)51(39-18-11-6-12-19-39)41-28-31-44-46-33-32-43(45-20-13-21-47(49(45)46)52-48(44)34-41)35-22-24-38(25-23-35)50(36-14-7-4-8-15-36)37-16-9-5-10-17-37/h1-44H;4-34H,1-3H3. The third-order valence-corrected chi connectivity index (χ3v) is 27.9. The summed E-state index contributed by atoms with van der Waals surface area (Å²) < 4.78 is 27.3. The summed E-state index contributed by atoms with van der Waals surface area (Å²) in [6, 6.07) is 163. The molecule has 0 aliphatic carbocycles. The van der Waals surface area contributed by atoms with E-state index in [1.54, 1.807) is 0 Å². The van der Waals surface area contributed by atoms with Gasteiger partial charge < -0.3 is 28.1 Å². The molecule has 2 aromatic heterocycles. The summed E-state index contributed by atoms with van der Waals surface area (Å²) in [4.78, 5) is 4.64. The zero-order chi connectivity index (χ0) is 85.3. The monoisotopic (exact) mass is 1650 g/mol. The molecule has 128 heavy (non-hydrogen) atoms. The summed E-state index contributed by atoms with van der Waals surface area (Å²) in [7, 11) is -1.42. The minimum Gasteiger partial charge on any atom is -0.457 e. The Labute approximate surface area is 746 Å². The summed E-state index contributed by atoms with van der Waals surface area (Å²) in [5.74, 6) is 3.38. The molecule has 24 rings (SSSR count). The molecule has 604 valence electrons. The van der Waals surface area contributed by atoms with Gasteiger partial charge in [0.1, 0.15) is 39.7 Å². The van der Waals surface area contributed by atoms with Gasteiger partial charge >= 0.3 is 0 Å². The minimum absolute atomic E-state index is 0.111. The third kappa shape index (κ3) is 13.8. The van der Waals surface area contributed by atoms with Crippen LogP contribution in [0.3, 0.4) is 0 Å². The van der Waals surface area contributed by atoms with Crippen molar-refractivity contribution >= 4 is 159 Å². The van der Waals surface area contributed by atoms with Crippen LogP contribution in [0.1, 0.15) is 0 Å². The van der Waals surface area contributed by atoms with E-state index < -0.39 is 8.07 Å². The summed E-state index contributed by atoms with van der Waals surface area (Å²) >= 11 is 0. The summed E-state index contributed by atoms with van der Waals surface area (Å²) in [5.41, 5.74) is 30.9. The minimum atomic E-state index is -1.42. The molecule has 0 radical (unpaired) electrons. The number of ether oxygens (including phenoxy) is 2. The summed E-state index contributed by atoms with van der Waals surface area (Å²) in [6.45, 7) is 7.23. The lowest BCUT2D eigenvalue weighted by molar-refractivity contribution is 0.487. The van der Waals surface area contributed by atoms with Crippen LogP contribution in [0.2, 0.25) is 19.6 Å². The van der Waals surface area contributed by atoms with Crippen LogP contribution >= 0.6 is 0 Å². The van der Waals surface area contributed by atoms with Gasteiger partial charge in [0.05, 0.1) is 25.1 Å². The second-order valence-electron chi connectivity index (χ2n) is 34.4. The van der Waals surface area contributed by atoms with E-state index >= 15 is 0 Å². The number of nitrogens with zero attached hydrogens (tertiary/aromatic N) is 2. The van der Waals surface area contributed by atoms with E-state index in [2.05, 4.69) is 466 Å². The number of rotatable bonds is 17. The SMILES string of the molecule is C[Si](C)(C)c1ccc(N(c2ccccc2)c2ccc3c(c2)Oc2cccc4c(-c5ccc(B(c6ccccc6)c6ccccc6)cc5)ccc-3c24)cc1.c1ccc(-c2ccccc2B(c2ccc(-c3ccc4c5c(cccc35)Oc3cc(N(c5ccccc5-c5ccccc5)c5cccc6c5oc5ccccc56)ccc3-4)cc2)c2cccc3c2oc2ccccc23)cc1. The summed E-state index contributed by atoms with van der Waals surface area (Å²) in [6.07, 6.45) is 0. The van der Waals surface area contributed by atoms with Gasteiger partial charge in [0.15, 0.2) is 5.58 Å². The average Bonchev–Trinajstić information content (AvgIpc) is 1.61. The maximum absolute atomic E-state index is 7.05. The quantitative estimate of drug-likeness (QED) is 0.0847. The van der Waals surface area contributed by atoms with E-state index in [0.717, 1.165) is 162 Å². The Bertz CT molecular complexity index is 7940. The Morgan fingerprint density at radius 1 is 0.219 bits per heavy atom. The van der Waals surface area contributed by atoms with Gasteiger partial charge in [-0.05, 0) is 151 Å². The maximum Gasteiger partial charge on any atom is 0.246 e. The highest BCUT2D eigenvalue weighted by molar-refractivity contribution is 6.97. The Morgan fingerprint density at radius 2 is 0.594 bits per heavy atom. The summed E-state index contributed by atoms with van der Waals surface area (Å²) in [5, 5.41) is 10.4. The second kappa shape index (κ2) is 32.3. The lowest BCUT2D eigenvalue weighted by Gasteiger charge is -2.29. The molecule has 22 aromatic rings. The molecule has 0 atom stereocenters. The molecular weight excluding hydrogens is 1570 g/mol. The second-order valence-corrected chi connectivity index (χ2v) is 39.5. The topological polar surface area (TPSA) is 51.2 Å². The van der Waals surface area contributed by atoms with Crippen molar-refractivity contribution in [3.8, 4) is 89.8 Å². The Morgan fingerprint density at radius 3 is 1.16 bits per heavy atom. The van der Waals surface area contributed by atoms with Gasteiger partial charge in [0.25, 0.3) is 0 Å². The van der Waals surface area contributed by atoms with Gasteiger partial charge in [-0.1, -0.05) is 410 Å². The molecule has 9 heteroatoms. The zero-order valence-corrected chi connectivity index (χ0v) is 72.0. The van der Waals surface area contributed by atoms with Crippen molar-refractivity contribution in [2.24, 2.45) is 0 Å². The molecule has 0 amide bonds. The van der Waals surface area contributed by atoms with Crippen LogP contribution in [0.4, 0.5) is 34.1 Å². The van der Waals surface area contributed by atoms with Crippen molar-refractivity contribution in [2.45, 2.75) is 19.6 Å². The number of hydrogen-bond acceptors (Lipinski definition) is 6. The molecule has 0 spiro atoms. The molecule has 0 unspecified atom stereocenters. The molecular formula is C119H84B2N2O4Si. The van der Waals surface area contributed by atoms with Gasteiger partial charge in [-0.3, -0.25) is 0 Å². The van der Waals surface area contributed by atoms with Gasteiger partial charge in [-0.2, -0.15) is 0 Å². The van der Waals surface area contributed by atoms with Crippen molar-refractivity contribution in [3.63, 3.8) is 0 Å². The van der Waals surface area contributed by atoms with E-state index in [-0.39, 0.29) is 13.4 Å². The maximum atomic E-state index is 7.05. The fourth-order valence-electron chi connectivity index (χ4n) is 19.7. The van der Waals surface area contributed by atoms with Crippen LogP contribution in [0.15, 0.2) is 464 Å². The first-order valence-corrected chi connectivity index (χ1v) is 47.6. The van der Waals surface area contributed by atoms with Crippen LogP contribution in [-0.4, -0.2) is 21.5 Å². The number of para-hydroxylation sites is 6. The molecule has 0 N–H and O–H groups in total. The van der Waals surface area contributed by atoms with Crippen molar-refractivity contribution in [3.05, 3.63) is 455 Å². The lowest BCUT2D eigenvalue weighted by atomic mass is 9.35. The number of hydrogen-bond donors (Lipinski definition) is 0. The van der Waals surface area contributed by atoms with Crippen molar-refractivity contribution in [1.82, 2.24) is 0 Å². The molecule has 0 saturated carbocycles. The van der Waals surface area contributed by atoms with Crippen LogP contribution in [0.25, 0.3) is 132 Å². The molecule has 0 fully saturated rings. The van der Waals surface area contributed by atoms with E-state index in [4.69, 9.17) is 18.3 Å². The largest absolute Gasteiger partial charge is 0.457 e. The normalized spacial score (nSPS) is 11.8.